The van der Waals surface area contributed by atoms with Gasteiger partial charge < -0.3 is 14.5 Å². The molecule has 0 aliphatic carbocycles. The van der Waals surface area contributed by atoms with Crippen LogP contribution in [0.2, 0.25) is 0 Å². The van der Waals surface area contributed by atoms with Crippen LogP contribution in [0.5, 0.6) is 0 Å². The van der Waals surface area contributed by atoms with E-state index in [0.717, 1.165) is 47.4 Å². The summed E-state index contributed by atoms with van der Waals surface area (Å²) in [6.07, 6.45) is 9.82. The molecular formula is C40H60N4O2. The van der Waals surface area contributed by atoms with Crippen molar-refractivity contribution >= 4 is 17.4 Å². The van der Waals surface area contributed by atoms with E-state index in [2.05, 4.69) is 78.7 Å². The Bertz CT molecular complexity index is 1350. The standard InChI is InChI=1S/C40H60N4O2/c1-13-33(21-18-22-40(11,12)15-3)35(14-2)37(36(42-16-4)25-29(5)34-20-17-19-32(26-34)27-41)31(7)44-24-23-43(28-30(44)6)38(45)46-39(8,9)10/h14,16-17,19-20,26,30,33H,4-5,13,15,18,21-25,28H2,1-3,6-12H3/b35-14-,37-31+,42-36?. The Morgan fingerprint density at radius 2 is 1.91 bits per heavy atom. The molecule has 6 nitrogen and oxygen atoms in total. The zero-order valence-corrected chi connectivity index (χ0v) is 30.5. The van der Waals surface area contributed by atoms with Gasteiger partial charge in [-0.1, -0.05) is 71.9 Å². The van der Waals surface area contributed by atoms with Crippen molar-refractivity contribution in [2.24, 2.45) is 16.3 Å². The fourth-order valence-electron chi connectivity index (χ4n) is 6.27. The lowest BCUT2D eigenvalue weighted by Crippen LogP contribution is -2.54. The van der Waals surface area contributed by atoms with Crippen molar-refractivity contribution in [2.75, 3.05) is 19.6 Å². The Hall–Kier alpha value is -3.59. The largest absolute Gasteiger partial charge is 0.444 e. The van der Waals surface area contributed by atoms with E-state index in [0.29, 0.717) is 43.0 Å². The predicted molar refractivity (Wildman–Crippen MR) is 195 cm³/mol. The maximum Gasteiger partial charge on any atom is 0.410 e. The fourth-order valence-corrected chi connectivity index (χ4v) is 6.27. The van der Waals surface area contributed by atoms with Crippen LogP contribution < -0.4 is 0 Å². The first kappa shape index (κ1) is 38.6. The summed E-state index contributed by atoms with van der Waals surface area (Å²) in [6.45, 7) is 31.8. The molecule has 1 saturated heterocycles. The number of piperazine rings is 1. The van der Waals surface area contributed by atoms with Crippen molar-refractivity contribution in [3.63, 3.8) is 0 Å². The Balaban J connectivity index is 2.59. The molecule has 0 aromatic heterocycles. The number of rotatable bonds is 14. The van der Waals surface area contributed by atoms with Crippen LogP contribution in [-0.4, -0.2) is 52.9 Å². The maximum atomic E-state index is 12.9. The highest BCUT2D eigenvalue weighted by atomic mass is 16.6. The van der Waals surface area contributed by atoms with Crippen LogP contribution in [0.3, 0.4) is 0 Å². The topological polar surface area (TPSA) is 68.9 Å². The minimum atomic E-state index is -0.534. The van der Waals surface area contributed by atoms with Gasteiger partial charge in [0.25, 0.3) is 0 Å². The van der Waals surface area contributed by atoms with Crippen LogP contribution in [0.4, 0.5) is 4.79 Å². The summed E-state index contributed by atoms with van der Waals surface area (Å²) < 4.78 is 5.70. The van der Waals surface area contributed by atoms with E-state index in [-0.39, 0.29) is 12.1 Å². The number of amides is 1. The maximum absolute atomic E-state index is 12.9. The molecule has 0 spiro atoms. The first-order chi connectivity index (χ1) is 21.6. The van der Waals surface area contributed by atoms with Crippen molar-refractivity contribution in [2.45, 2.75) is 119 Å². The molecule has 0 radical (unpaired) electrons. The summed E-state index contributed by atoms with van der Waals surface area (Å²) in [5, 5.41) is 9.51. The molecule has 1 aromatic rings. The quantitative estimate of drug-likeness (QED) is 0.152. The van der Waals surface area contributed by atoms with Gasteiger partial charge >= 0.3 is 6.09 Å². The minimum Gasteiger partial charge on any atom is -0.444 e. The fraction of sp³-hybridized carbons (Fsp3) is 0.575. The van der Waals surface area contributed by atoms with Crippen LogP contribution in [0.1, 0.15) is 119 Å². The Labute approximate surface area is 280 Å². The number of hydrogen-bond donors (Lipinski definition) is 0. The average molecular weight is 629 g/mol. The van der Waals surface area contributed by atoms with Crippen molar-refractivity contribution in [3.8, 4) is 6.07 Å². The zero-order valence-electron chi connectivity index (χ0n) is 30.5. The number of carbonyl (C=O) groups excluding carboxylic acids is 1. The average Bonchev–Trinajstić information content (AvgIpc) is 3.00. The predicted octanol–water partition coefficient (Wildman–Crippen LogP) is 10.3. The molecule has 1 aliphatic rings. The first-order valence-electron chi connectivity index (χ1n) is 17.1. The summed E-state index contributed by atoms with van der Waals surface area (Å²) in [7, 11) is 0. The van der Waals surface area contributed by atoms with Crippen molar-refractivity contribution in [3.05, 3.63) is 77.7 Å². The first-order valence-corrected chi connectivity index (χ1v) is 17.1. The van der Waals surface area contributed by atoms with E-state index in [1.54, 1.807) is 6.20 Å². The Morgan fingerprint density at radius 3 is 2.46 bits per heavy atom. The third kappa shape index (κ3) is 11.0. The second-order valence-electron chi connectivity index (χ2n) is 14.4. The lowest BCUT2D eigenvalue weighted by atomic mass is 9.79. The number of ether oxygens (including phenoxy) is 1. The van der Waals surface area contributed by atoms with E-state index in [4.69, 9.17) is 9.73 Å². The van der Waals surface area contributed by atoms with Crippen LogP contribution in [0.25, 0.3) is 5.57 Å². The third-order valence-electron chi connectivity index (χ3n) is 9.28. The normalized spacial score (nSPS) is 17.6. The highest BCUT2D eigenvalue weighted by molar-refractivity contribution is 6.09. The minimum absolute atomic E-state index is 0.0836. The second-order valence-corrected chi connectivity index (χ2v) is 14.4. The zero-order chi connectivity index (χ0) is 34.7. The van der Waals surface area contributed by atoms with Gasteiger partial charge in [-0.2, -0.15) is 5.26 Å². The van der Waals surface area contributed by atoms with Crippen molar-refractivity contribution < 1.29 is 9.53 Å². The number of hydrogen-bond acceptors (Lipinski definition) is 5. The van der Waals surface area contributed by atoms with Crippen molar-refractivity contribution in [1.82, 2.24) is 9.80 Å². The lowest BCUT2D eigenvalue weighted by molar-refractivity contribution is 0.0101. The molecule has 252 valence electrons. The van der Waals surface area contributed by atoms with Crippen molar-refractivity contribution in [1.29, 1.82) is 5.26 Å². The van der Waals surface area contributed by atoms with Gasteiger partial charge in [0.15, 0.2) is 0 Å². The van der Waals surface area contributed by atoms with Crippen LogP contribution in [0.15, 0.2) is 71.5 Å². The number of aliphatic imine (C=N–C) groups is 1. The molecule has 2 unspecified atom stereocenters. The summed E-state index contributed by atoms with van der Waals surface area (Å²) in [4.78, 5) is 22.1. The van der Waals surface area contributed by atoms with Gasteiger partial charge in [0, 0.05) is 49.6 Å². The molecule has 0 N–H and O–H groups in total. The third-order valence-corrected chi connectivity index (χ3v) is 9.28. The summed E-state index contributed by atoms with van der Waals surface area (Å²) in [5.41, 5.74) is 6.75. The summed E-state index contributed by atoms with van der Waals surface area (Å²) in [6, 6.07) is 9.94. The molecule has 0 bridgehead atoms. The van der Waals surface area contributed by atoms with E-state index in [9.17, 15) is 10.1 Å². The van der Waals surface area contributed by atoms with E-state index in [1.807, 2.05) is 49.9 Å². The van der Waals surface area contributed by atoms with Crippen LogP contribution in [0, 0.1) is 22.7 Å². The molecule has 0 saturated carbocycles. The second kappa shape index (κ2) is 17.4. The Kier molecular flexibility index (Phi) is 14.6. The molecule has 46 heavy (non-hydrogen) atoms. The molecule has 1 fully saturated rings. The number of benzene rings is 1. The number of nitrogens with zero attached hydrogens (tertiary/aromatic N) is 4. The molecular weight excluding hydrogens is 568 g/mol. The van der Waals surface area contributed by atoms with Gasteiger partial charge in [0.2, 0.25) is 0 Å². The monoisotopic (exact) mass is 628 g/mol. The van der Waals surface area contributed by atoms with Gasteiger partial charge in [-0.3, -0.25) is 4.99 Å². The highest BCUT2D eigenvalue weighted by Crippen LogP contribution is 2.37. The van der Waals surface area contributed by atoms with Crippen LogP contribution in [-0.2, 0) is 4.74 Å². The van der Waals surface area contributed by atoms with E-state index < -0.39 is 5.60 Å². The number of allylic oxidation sites excluding steroid dienone is 5. The van der Waals surface area contributed by atoms with E-state index >= 15 is 0 Å². The van der Waals surface area contributed by atoms with Gasteiger partial charge in [-0.15, -0.1) is 0 Å². The van der Waals surface area contributed by atoms with Gasteiger partial charge in [0.1, 0.15) is 5.60 Å². The van der Waals surface area contributed by atoms with Crippen LogP contribution >= 0.6 is 0 Å². The lowest BCUT2D eigenvalue weighted by Gasteiger charge is -2.43. The van der Waals surface area contributed by atoms with E-state index in [1.165, 1.54) is 18.4 Å². The molecule has 1 aromatic carbocycles. The molecule has 2 rings (SSSR count). The van der Waals surface area contributed by atoms with Gasteiger partial charge in [-0.25, -0.2) is 4.79 Å². The SMILES string of the molecule is C=CN=C(CC(=C)c1cccc(C#N)c1)C(/C(=C\C)C(CC)CCCC(C)(C)CC)=C(\C)N1CCN(C(=O)OC(C)(C)C)CC1C. The van der Waals surface area contributed by atoms with Gasteiger partial charge in [-0.05, 0) is 101 Å². The highest BCUT2D eigenvalue weighted by Gasteiger charge is 2.32. The number of carbonyl (C=O) groups is 1. The van der Waals surface area contributed by atoms with Gasteiger partial charge in [0.05, 0.1) is 17.3 Å². The number of nitriles is 1. The Morgan fingerprint density at radius 1 is 1.22 bits per heavy atom. The molecule has 6 heteroatoms. The molecule has 2 atom stereocenters. The molecule has 1 heterocycles. The smallest absolute Gasteiger partial charge is 0.410 e. The summed E-state index contributed by atoms with van der Waals surface area (Å²) in [5.74, 6) is 0.367. The summed E-state index contributed by atoms with van der Waals surface area (Å²) >= 11 is 0. The molecule has 1 aliphatic heterocycles. The molecule has 1 amide bonds.